The molecule has 3 aromatic rings. The van der Waals surface area contributed by atoms with E-state index in [4.69, 9.17) is 0 Å². The largest absolute Gasteiger partial charge is 0.416 e. The Bertz CT molecular complexity index is 952. The van der Waals surface area contributed by atoms with Crippen molar-refractivity contribution in [3.8, 4) is 11.3 Å². The number of fused-ring (bicyclic) bond motifs is 2. The summed E-state index contributed by atoms with van der Waals surface area (Å²) in [7, 11) is 0. The Morgan fingerprint density at radius 1 is 1.17 bits per heavy atom. The van der Waals surface area contributed by atoms with Gasteiger partial charge in [0.15, 0.2) is 0 Å². The summed E-state index contributed by atoms with van der Waals surface area (Å²) in [5.74, 6) is 0. The average Bonchev–Trinajstić information content (AvgIpc) is 3.08. The van der Waals surface area contributed by atoms with Gasteiger partial charge >= 0.3 is 6.18 Å². The number of imidazole rings is 1. The predicted octanol–water partition coefficient (Wildman–Crippen LogP) is 4.26. The second-order valence-electron chi connectivity index (χ2n) is 5.54. The molecule has 0 saturated carbocycles. The van der Waals surface area contributed by atoms with Crippen molar-refractivity contribution in [2.75, 3.05) is 0 Å². The van der Waals surface area contributed by atoms with Gasteiger partial charge in [-0.25, -0.2) is 4.98 Å². The second-order valence-corrected chi connectivity index (χ2v) is 5.54. The Hall–Kier alpha value is -2.63. The molecule has 6 heteroatoms. The number of nitrogens with zero attached hydrogens (tertiary/aromatic N) is 3. The maximum Gasteiger partial charge on any atom is 0.416 e. The third kappa shape index (κ3) is 2.13. The first-order chi connectivity index (χ1) is 10.9. The van der Waals surface area contributed by atoms with Gasteiger partial charge in [-0.1, -0.05) is 6.07 Å². The number of pyridine rings is 1. The van der Waals surface area contributed by atoms with Crippen molar-refractivity contribution in [1.29, 1.82) is 0 Å². The van der Waals surface area contributed by atoms with Gasteiger partial charge in [0.25, 0.3) is 0 Å². The monoisotopic (exact) mass is 315 g/mol. The van der Waals surface area contributed by atoms with E-state index in [1.165, 1.54) is 12.1 Å². The van der Waals surface area contributed by atoms with Crippen LogP contribution < -0.4 is 0 Å². The van der Waals surface area contributed by atoms with Crippen LogP contribution in [0.15, 0.2) is 41.5 Å². The van der Waals surface area contributed by atoms with E-state index >= 15 is 0 Å². The van der Waals surface area contributed by atoms with Crippen LogP contribution >= 0.6 is 0 Å². The maximum atomic E-state index is 13.2. The standard InChI is InChI=1S/C17H12F3N3/c1-10-16(23-5-3-2-4-15(23)22-10)13-7-12(17(18,19)20)6-11-8-21-9-14(11)13/h2-7,9H,8H2,1H3. The lowest BCUT2D eigenvalue weighted by Crippen LogP contribution is -2.07. The van der Waals surface area contributed by atoms with Crippen LogP contribution in [0.5, 0.6) is 0 Å². The van der Waals surface area contributed by atoms with E-state index in [0.717, 1.165) is 5.56 Å². The minimum Gasteiger partial charge on any atom is -0.299 e. The molecular weight excluding hydrogens is 303 g/mol. The summed E-state index contributed by atoms with van der Waals surface area (Å²) in [5.41, 5.74) is 3.29. The number of rotatable bonds is 1. The van der Waals surface area contributed by atoms with E-state index in [1.54, 1.807) is 13.1 Å². The zero-order valence-corrected chi connectivity index (χ0v) is 12.2. The van der Waals surface area contributed by atoms with Gasteiger partial charge < -0.3 is 0 Å². The molecule has 4 rings (SSSR count). The Morgan fingerprint density at radius 3 is 2.78 bits per heavy atom. The molecule has 23 heavy (non-hydrogen) atoms. The predicted molar refractivity (Wildman–Crippen MR) is 81.7 cm³/mol. The molecule has 0 amide bonds. The topological polar surface area (TPSA) is 29.7 Å². The van der Waals surface area contributed by atoms with Crippen LogP contribution in [0.25, 0.3) is 16.9 Å². The van der Waals surface area contributed by atoms with E-state index in [9.17, 15) is 13.2 Å². The van der Waals surface area contributed by atoms with E-state index in [1.807, 2.05) is 28.8 Å². The van der Waals surface area contributed by atoms with Crippen LogP contribution in [0.1, 0.15) is 22.4 Å². The fourth-order valence-corrected chi connectivity index (χ4v) is 3.03. The molecule has 3 heterocycles. The van der Waals surface area contributed by atoms with Crippen LogP contribution in [0.4, 0.5) is 13.2 Å². The van der Waals surface area contributed by atoms with Gasteiger partial charge in [-0.05, 0) is 36.8 Å². The lowest BCUT2D eigenvalue weighted by molar-refractivity contribution is -0.137. The highest BCUT2D eigenvalue weighted by atomic mass is 19.4. The number of hydrogen-bond donors (Lipinski definition) is 0. The fraction of sp³-hybridized carbons (Fsp3) is 0.176. The summed E-state index contributed by atoms with van der Waals surface area (Å²) in [6.45, 7) is 2.09. The molecule has 0 radical (unpaired) electrons. The summed E-state index contributed by atoms with van der Waals surface area (Å²) >= 11 is 0. The van der Waals surface area contributed by atoms with Gasteiger partial charge in [0.1, 0.15) is 5.65 Å². The molecule has 116 valence electrons. The molecule has 0 unspecified atom stereocenters. The molecule has 0 N–H and O–H groups in total. The van der Waals surface area contributed by atoms with Crippen molar-refractivity contribution in [1.82, 2.24) is 9.38 Å². The Morgan fingerprint density at radius 2 is 2.00 bits per heavy atom. The van der Waals surface area contributed by atoms with E-state index in [0.29, 0.717) is 28.2 Å². The third-order valence-electron chi connectivity index (χ3n) is 4.03. The lowest BCUT2D eigenvalue weighted by Gasteiger charge is -2.13. The van der Waals surface area contributed by atoms with Crippen LogP contribution in [0.2, 0.25) is 0 Å². The zero-order valence-electron chi connectivity index (χ0n) is 12.2. The number of aryl methyl sites for hydroxylation is 1. The Balaban J connectivity index is 2.06. The molecule has 0 atom stereocenters. The van der Waals surface area contributed by atoms with Gasteiger partial charge in [-0.3, -0.25) is 9.39 Å². The maximum absolute atomic E-state index is 13.2. The third-order valence-corrected chi connectivity index (χ3v) is 4.03. The summed E-state index contributed by atoms with van der Waals surface area (Å²) in [4.78, 5) is 8.58. The highest BCUT2D eigenvalue weighted by molar-refractivity contribution is 5.94. The quantitative estimate of drug-likeness (QED) is 0.660. The van der Waals surface area contributed by atoms with E-state index in [2.05, 4.69) is 9.98 Å². The van der Waals surface area contributed by atoms with Crippen LogP contribution in [0.3, 0.4) is 0 Å². The molecule has 1 aliphatic heterocycles. The van der Waals surface area contributed by atoms with Gasteiger partial charge in [0, 0.05) is 23.5 Å². The molecular formula is C17H12F3N3. The number of halogens is 3. The smallest absolute Gasteiger partial charge is 0.299 e. The average molecular weight is 315 g/mol. The van der Waals surface area contributed by atoms with Gasteiger partial charge in [0.05, 0.1) is 23.5 Å². The summed E-state index contributed by atoms with van der Waals surface area (Å²) in [6, 6.07) is 7.89. The molecule has 1 aliphatic rings. The number of alkyl halides is 3. The first-order valence-electron chi connectivity index (χ1n) is 7.13. The van der Waals surface area contributed by atoms with Gasteiger partial charge in [-0.15, -0.1) is 0 Å². The Kier molecular flexibility index (Phi) is 2.85. The summed E-state index contributed by atoms with van der Waals surface area (Å²) in [6.07, 6.45) is -0.934. The van der Waals surface area contributed by atoms with Crippen molar-refractivity contribution in [3.63, 3.8) is 0 Å². The SMILES string of the molecule is Cc1nc2ccccn2c1-c1cc(C(F)(F)F)cc2c1C=NC2. The van der Waals surface area contributed by atoms with Gasteiger partial charge in [-0.2, -0.15) is 13.2 Å². The summed E-state index contributed by atoms with van der Waals surface area (Å²) in [5, 5.41) is 0. The molecule has 1 aromatic carbocycles. The molecule has 3 nitrogen and oxygen atoms in total. The summed E-state index contributed by atoms with van der Waals surface area (Å²) < 4.78 is 41.5. The number of aliphatic imine (C=N–C) groups is 1. The van der Waals surface area contributed by atoms with Gasteiger partial charge in [0.2, 0.25) is 0 Å². The highest BCUT2D eigenvalue weighted by Gasteiger charge is 2.33. The van der Waals surface area contributed by atoms with Crippen LogP contribution in [-0.4, -0.2) is 15.6 Å². The minimum absolute atomic E-state index is 0.280. The molecule has 2 aromatic heterocycles. The van der Waals surface area contributed by atoms with Crippen molar-refractivity contribution < 1.29 is 13.2 Å². The van der Waals surface area contributed by atoms with Crippen molar-refractivity contribution in [3.05, 3.63) is 58.9 Å². The minimum atomic E-state index is -4.39. The van der Waals surface area contributed by atoms with E-state index < -0.39 is 11.7 Å². The molecule has 0 spiro atoms. The van der Waals surface area contributed by atoms with Crippen molar-refractivity contribution in [2.24, 2.45) is 4.99 Å². The van der Waals surface area contributed by atoms with Crippen molar-refractivity contribution >= 4 is 11.9 Å². The van der Waals surface area contributed by atoms with E-state index in [-0.39, 0.29) is 6.54 Å². The Labute approximate surface area is 130 Å². The van der Waals surface area contributed by atoms with Crippen molar-refractivity contribution in [2.45, 2.75) is 19.6 Å². The molecule has 0 aliphatic carbocycles. The van der Waals surface area contributed by atoms with Crippen LogP contribution in [0, 0.1) is 6.92 Å². The molecule has 0 saturated heterocycles. The number of benzene rings is 1. The lowest BCUT2D eigenvalue weighted by atomic mass is 9.96. The fourth-order valence-electron chi connectivity index (χ4n) is 3.03. The normalized spacial score (nSPS) is 13.7. The highest BCUT2D eigenvalue weighted by Crippen LogP contribution is 2.38. The first kappa shape index (κ1) is 14.0. The molecule has 0 fully saturated rings. The van der Waals surface area contributed by atoms with Crippen LogP contribution in [-0.2, 0) is 12.7 Å². The first-order valence-corrected chi connectivity index (χ1v) is 7.13. The second kappa shape index (κ2) is 4.68. The molecule has 0 bridgehead atoms. The zero-order chi connectivity index (χ0) is 16.2. The number of aromatic nitrogens is 2. The number of hydrogen-bond acceptors (Lipinski definition) is 2.